The lowest BCUT2D eigenvalue weighted by Crippen LogP contribution is -2.23. The molecule has 0 fully saturated rings. The molecule has 0 aliphatic carbocycles. The maximum atomic E-state index is 10.9. The second-order valence-electron chi connectivity index (χ2n) is 3.32. The number of aromatic carboxylic acids is 1. The molecule has 0 bridgehead atoms. The van der Waals surface area contributed by atoms with Crippen molar-refractivity contribution >= 4 is 5.97 Å². The van der Waals surface area contributed by atoms with Gasteiger partial charge in [-0.05, 0) is 17.2 Å². The average Bonchev–Trinajstić information content (AvgIpc) is 2.34. The SMILES string of the molecule is [N-]=[N+]=NCC(O)C(O)c1ccccc1C(=O)O. The van der Waals surface area contributed by atoms with Crippen molar-refractivity contribution in [3.63, 3.8) is 0 Å². The molecule has 1 rings (SSSR count). The lowest BCUT2D eigenvalue weighted by Gasteiger charge is -2.17. The zero-order valence-corrected chi connectivity index (χ0v) is 8.76. The number of carboxylic acids is 1. The molecule has 2 atom stereocenters. The van der Waals surface area contributed by atoms with Crippen LogP contribution in [0.2, 0.25) is 0 Å². The lowest BCUT2D eigenvalue weighted by atomic mass is 9.99. The minimum absolute atomic E-state index is 0.0839. The summed E-state index contributed by atoms with van der Waals surface area (Å²) in [7, 11) is 0. The third kappa shape index (κ3) is 3.18. The third-order valence-corrected chi connectivity index (χ3v) is 2.21. The molecule has 0 heterocycles. The van der Waals surface area contributed by atoms with Gasteiger partial charge in [-0.2, -0.15) is 0 Å². The number of hydrogen-bond acceptors (Lipinski definition) is 4. The van der Waals surface area contributed by atoms with Gasteiger partial charge in [0.05, 0.1) is 18.2 Å². The Kier molecular flexibility index (Phi) is 4.47. The van der Waals surface area contributed by atoms with Crippen LogP contribution in [0.15, 0.2) is 29.4 Å². The molecule has 0 radical (unpaired) electrons. The summed E-state index contributed by atoms with van der Waals surface area (Å²) in [6.07, 6.45) is -2.75. The van der Waals surface area contributed by atoms with Crippen molar-refractivity contribution in [3.8, 4) is 0 Å². The molecule has 0 aliphatic rings. The highest BCUT2D eigenvalue weighted by molar-refractivity contribution is 5.89. The van der Waals surface area contributed by atoms with Gasteiger partial charge in [-0.3, -0.25) is 0 Å². The molecule has 0 amide bonds. The van der Waals surface area contributed by atoms with E-state index < -0.39 is 18.2 Å². The van der Waals surface area contributed by atoms with Crippen LogP contribution in [-0.4, -0.2) is 33.9 Å². The molecule has 0 spiro atoms. The van der Waals surface area contributed by atoms with Crippen LogP contribution in [0.5, 0.6) is 0 Å². The monoisotopic (exact) mass is 237 g/mol. The molecular formula is C10H11N3O4. The Morgan fingerprint density at radius 1 is 1.41 bits per heavy atom. The van der Waals surface area contributed by atoms with Crippen LogP contribution in [0.3, 0.4) is 0 Å². The topological polar surface area (TPSA) is 127 Å². The van der Waals surface area contributed by atoms with Gasteiger partial charge in [0.1, 0.15) is 6.10 Å². The summed E-state index contributed by atoms with van der Waals surface area (Å²) in [4.78, 5) is 13.3. The van der Waals surface area contributed by atoms with Crippen LogP contribution >= 0.6 is 0 Å². The van der Waals surface area contributed by atoms with Crippen molar-refractivity contribution in [1.29, 1.82) is 0 Å². The normalized spacial score (nSPS) is 13.5. The molecule has 7 heteroatoms. The largest absolute Gasteiger partial charge is 0.478 e. The molecule has 3 N–H and O–H groups in total. The summed E-state index contributed by atoms with van der Waals surface area (Å²) >= 11 is 0. The number of rotatable bonds is 5. The predicted molar refractivity (Wildman–Crippen MR) is 58.4 cm³/mol. The van der Waals surface area contributed by atoms with E-state index in [0.717, 1.165) is 0 Å². The van der Waals surface area contributed by atoms with E-state index in [4.69, 9.17) is 10.6 Å². The fraction of sp³-hybridized carbons (Fsp3) is 0.300. The molecular weight excluding hydrogens is 226 g/mol. The van der Waals surface area contributed by atoms with E-state index in [9.17, 15) is 15.0 Å². The number of carbonyl (C=O) groups is 1. The molecule has 1 aromatic carbocycles. The van der Waals surface area contributed by atoms with E-state index in [1.54, 1.807) is 6.07 Å². The molecule has 0 aliphatic heterocycles. The van der Waals surface area contributed by atoms with Crippen molar-refractivity contribution in [1.82, 2.24) is 0 Å². The van der Waals surface area contributed by atoms with Crippen molar-refractivity contribution in [2.75, 3.05) is 6.54 Å². The zero-order chi connectivity index (χ0) is 12.8. The standard InChI is InChI=1S/C10H11N3O4/c11-13-12-5-8(14)9(15)6-3-1-2-4-7(6)10(16)17/h1-4,8-9,14-15H,5H2,(H,16,17). The van der Waals surface area contributed by atoms with Crippen molar-refractivity contribution in [3.05, 3.63) is 45.8 Å². The Labute approximate surface area is 96.6 Å². The van der Waals surface area contributed by atoms with Crippen LogP contribution in [0, 0.1) is 0 Å². The van der Waals surface area contributed by atoms with Crippen molar-refractivity contribution < 1.29 is 20.1 Å². The van der Waals surface area contributed by atoms with Crippen LogP contribution in [-0.2, 0) is 0 Å². The van der Waals surface area contributed by atoms with Gasteiger partial charge in [0, 0.05) is 4.91 Å². The van der Waals surface area contributed by atoms with E-state index in [-0.39, 0.29) is 17.7 Å². The van der Waals surface area contributed by atoms with E-state index in [2.05, 4.69) is 10.0 Å². The summed E-state index contributed by atoms with van der Waals surface area (Å²) in [6.45, 7) is -0.328. The second-order valence-corrected chi connectivity index (χ2v) is 3.32. The minimum atomic E-state index is -1.41. The highest BCUT2D eigenvalue weighted by atomic mass is 16.4. The van der Waals surface area contributed by atoms with Gasteiger partial charge in [-0.25, -0.2) is 4.79 Å². The first-order valence-electron chi connectivity index (χ1n) is 4.77. The molecule has 90 valence electrons. The third-order valence-electron chi connectivity index (χ3n) is 2.21. The average molecular weight is 237 g/mol. The van der Waals surface area contributed by atoms with Gasteiger partial charge in [0.25, 0.3) is 0 Å². The predicted octanol–water partition coefficient (Wildman–Crippen LogP) is 1.09. The van der Waals surface area contributed by atoms with Crippen LogP contribution in [0.4, 0.5) is 0 Å². The summed E-state index contributed by atoms with van der Waals surface area (Å²) in [5, 5.41) is 31.3. The van der Waals surface area contributed by atoms with Gasteiger partial charge in [0.15, 0.2) is 0 Å². The number of aliphatic hydroxyl groups is 2. The lowest BCUT2D eigenvalue weighted by molar-refractivity contribution is 0.0232. The second kappa shape index (κ2) is 5.86. The Morgan fingerprint density at radius 2 is 2.06 bits per heavy atom. The molecule has 0 saturated carbocycles. The first-order valence-corrected chi connectivity index (χ1v) is 4.77. The quantitative estimate of drug-likeness (QED) is 0.402. The highest BCUT2D eigenvalue weighted by Crippen LogP contribution is 2.21. The molecule has 2 unspecified atom stereocenters. The summed E-state index contributed by atoms with van der Waals surface area (Å²) < 4.78 is 0. The van der Waals surface area contributed by atoms with Gasteiger partial charge in [0.2, 0.25) is 0 Å². The highest BCUT2D eigenvalue weighted by Gasteiger charge is 2.22. The maximum absolute atomic E-state index is 10.9. The van der Waals surface area contributed by atoms with Gasteiger partial charge >= 0.3 is 5.97 Å². The summed E-state index contributed by atoms with van der Waals surface area (Å²) in [5.74, 6) is -1.20. The molecule has 1 aromatic rings. The Morgan fingerprint density at radius 3 is 2.65 bits per heavy atom. The van der Waals surface area contributed by atoms with Crippen LogP contribution in [0.25, 0.3) is 10.4 Å². The van der Waals surface area contributed by atoms with Crippen LogP contribution < -0.4 is 0 Å². The number of carboxylic acid groups (broad SMARTS) is 1. The number of aliphatic hydroxyl groups excluding tert-OH is 2. The minimum Gasteiger partial charge on any atom is -0.478 e. The number of azide groups is 1. The maximum Gasteiger partial charge on any atom is 0.336 e. The Bertz CT molecular complexity index is 457. The fourth-order valence-corrected chi connectivity index (χ4v) is 1.38. The first kappa shape index (κ1) is 13.0. The van der Waals surface area contributed by atoms with E-state index in [1.165, 1.54) is 18.2 Å². The van der Waals surface area contributed by atoms with Gasteiger partial charge in [-0.15, -0.1) is 0 Å². The molecule has 17 heavy (non-hydrogen) atoms. The Hall–Kier alpha value is -2.08. The zero-order valence-electron chi connectivity index (χ0n) is 8.76. The number of hydrogen-bond donors (Lipinski definition) is 3. The molecule has 0 saturated heterocycles. The van der Waals surface area contributed by atoms with E-state index in [1.807, 2.05) is 0 Å². The fourth-order valence-electron chi connectivity index (χ4n) is 1.38. The van der Waals surface area contributed by atoms with Gasteiger partial charge < -0.3 is 15.3 Å². The molecule has 7 nitrogen and oxygen atoms in total. The summed E-state index contributed by atoms with van der Waals surface area (Å²) in [6, 6.07) is 5.78. The Balaban J connectivity index is 2.98. The van der Waals surface area contributed by atoms with Gasteiger partial charge in [-0.1, -0.05) is 23.3 Å². The van der Waals surface area contributed by atoms with Crippen molar-refractivity contribution in [2.24, 2.45) is 5.11 Å². The van der Waals surface area contributed by atoms with E-state index >= 15 is 0 Å². The number of nitrogens with zero attached hydrogens (tertiary/aromatic N) is 3. The number of benzene rings is 1. The first-order chi connectivity index (χ1) is 8.07. The summed E-state index contributed by atoms with van der Waals surface area (Å²) in [5.41, 5.74) is 8.07. The van der Waals surface area contributed by atoms with Crippen molar-refractivity contribution in [2.45, 2.75) is 12.2 Å². The van der Waals surface area contributed by atoms with E-state index in [0.29, 0.717) is 0 Å². The smallest absolute Gasteiger partial charge is 0.336 e. The molecule has 0 aromatic heterocycles. The van der Waals surface area contributed by atoms with Crippen LogP contribution in [0.1, 0.15) is 22.0 Å².